The van der Waals surface area contributed by atoms with Gasteiger partial charge in [0.2, 0.25) is 11.8 Å². The van der Waals surface area contributed by atoms with Gasteiger partial charge in [0.25, 0.3) is 0 Å². The zero-order valence-electron chi connectivity index (χ0n) is 12.4. The number of carboxylic acid groups (broad SMARTS) is 1. The van der Waals surface area contributed by atoms with Crippen molar-refractivity contribution in [1.82, 2.24) is 4.98 Å². The lowest BCUT2D eigenvalue weighted by Gasteiger charge is -2.29. The predicted molar refractivity (Wildman–Crippen MR) is 89.3 cm³/mol. The number of nitrogens with one attached hydrogen (secondary N) is 1. The lowest BCUT2D eigenvalue weighted by atomic mass is 10.2. The maximum absolute atomic E-state index is 12.5. The molecule has 1 aromatic carbocycles. The fourth-order valence-electron chi connectivity index (χ4n) is 2.33. The number of carboxylic acids is 1. The number of amides is 2. The standard InChI is InChI=1S/C16H13N3O4S/c20-13-8-19(12-6-2-1-5-11(12)18-13)14(21)9-24-15-10(16(22)23)4-3-7-17-15/h1-7H,8-9H2,(H,18,20)(H,22,23). The first-order valence-electron chi connectivity index (χ1n) is 7.06. The Morgan fingerprint density at radius 2 is 2.04 bits per heavy atom. The number of carbonyl (C=O) groups is 3. The number of fused-ring (bicyclic) bond motifs is 1. The summed E-state index contributed by atoms with van der Waals surface area (Å²) in [7, 11) is 0. The number of benzene rings is 1. The van der Waals surface area contributed by atoms with Crippen LogP contribution in [0.4, 0.5) is 11.4 Å². The second kappa shape index (κ2) is 6.71. The van der Waals surface area contributed by atoms with Crippen LogP contribution in [0.1, 0.15) is 10.4 Å². The molecule has 3 rings (SSSR count). The molecule has 8 heteroatoms. The summed E-state index contributed by atoms with van der Waals surface area (Å²) in [6.45, 7) is -0.0651. The molecule has 0 atom stereocenters. The zero-order chi connectivity index (χ0) is 17.1. The summed E-state index contributed by atoms with van der Waals surface area (Å²) < 4.78 is 0. The Morgan fingerprint density at radius 3 is 2.83 bits per heavy atom. The topological polar surface area (TPSA) is 99.6 Å². The summed E-state index contributed by atoms with van der Waals surface area (Å²) in [4.78, 5) is 40.8. The molecule has 7 nitrogen and oxygen atoms in total. The Hall–Kier alpha value is -2.87. The van der Waals surface area contributed by atoms with Crippen molar-refractivity contribution in [2.75, 3.05) is 22.5 Å². The molecule has 2 N–H and O–H groups in total. The Morgan fingerprint density at radius 1 is 1.25 bits per heavy atom. The molecule has 0 radical (unpaired) electrons. The highest BCUT2D eigenvalue weighted by Crippen LogP contribution is 2.30. The zero-order valence-corrected chi connectivity index (χ0v) is 13.2. The van der Waals surface area contributed by atoms with Crippen LogP contribution in [0, 0.1) is 0 Å². The number of carbonyl (C=O) groups excluding carboxylic acids is 2. The molecule has 1 aromatic heterocycles. The third kappa shape index (κ3) is 3.23. The minimum atomic E-state index is -1.10. The first kappa shape index (κ1) is 16.0. The maximum Gasteiger partial charge on any atom is 0.338 e. The molecule has 0 bridgehead atoms. The van der Waals surface area contributed by atoms with Crippen LogP contribution in [-0.4, -0.2) is 40.2 Å². The second-order valence-corrected chi connectivity index (χ2v) is 5.96. The predicted octanol–water partition coefficient (Wildman–Crippen LogP) is 1.86. The van der Waals surface area contributed by atoms with Crippen molar-refractivity contribution in [3.63, 3.8) is 0 Å². The van der Waals surface area contributed by atoms with E-state index >= 15 is 0 Å². The van der Waals surface area contributed by atoms with Gasteiger partial charge in [-0.2, -0.15) is 0 Å². The summed E-state index contributed by atoms with van der Waals surface area (Å²) in [5.74, 6) is -1.67. The van der Waals surface area contributed by atoms with Crippen LogP contribution in [0.15, 0.2) is 47.6 Å². The van der Waals surface area contributed by atoms with Crippen LogP contribution in [-0.2, 0) is 9.59 Å². The van der Waals surface area contributed by atoms with Gasteiger partial charge in [0.15, 0.2) is 0 Å². The second-order valence-electron chi connectivity index (χ2n) is 5.00. The highest BCUT2D eigenvalue weighted by molar-refractivity contribution is 8.00. The average Bonchev–Trinajstić information content (AvgIpc) is 2.59. The monoisotopic (exact) mass is 343 g/mol. The molecular formula is C16H13N3O4S. The van der Waals surface area contributed by atoms with Gasteiger partial charge in [-0.3, -0.25) is 9.59 Å². The molecule has 0 fully saturated rings. The molecule has 0 aliphatic carbocycles. The Labute approximate surface area is 141 Å². The number of thioether (sulfide) groups is 1. The number of aromatic carboxylic acids is 1. The summed E-state index contributed by atoms with van der Waals surface area (Å²) in [6.07, 6.45) is 1.48. The SMILES string of the molecule is O=C1CN(C(=O)CSc2ncccc2C(=O)O)c2ccccc2N1. The van der Waals surface area contributed by atoms with Gasteiger partial charge < -0.3 is 15.3 Å². The molecule has 0 saturated carbocycles. The number of aromatic nitrogens is 1. The number of anilines is 2. The Balaban J connectivity index is 1.77. The Kier molecular flexibility index (Phi) is 4.48. The van der Waals surface area contributed by atoms with Gasteiger partial charge in [-0.05, 0) is 24.3 Å². The van der Waals surface area contributed by atoms with E-state index in [-0.39, 0.29) is 34.7 Å². The average molecular weight is 343 g/mol. The molecule has 24 heavy (non-hydrogen) atoms. The van der Waals surface area contributed by atoms with Crippen LogP contribution in [0.3, 0.4) is 0 Å². The number of para-hydroxylation sites is 2. The van der Waals surface area contributed by atoms with Crippen LogP contribution in [0.25, 0.3) is 0 Å². The van der Waals surface area contributed by atoms with Crippen molar-refractivity contribution in [2.24, 2.45) is 0 Å². The molecule has 0 unspecified atom stereocenters. The molecule has 0 spiro atoms. The van der Waals surface area contributed by atoms with E-state index in [2.05, 4.69) is 10.3 Å². The van der Waals surface area contributed by atoms with E-state index in [0.717, 1.165) is 11.8 Å². The van der Waals surface area contributed by atoms with Crippen molar-refractivity contribution < 1.29 is 19.5 Å². The summed E-state index contributed by atoms with van der Waals surface area (Å²) in [6, 6.07) is 9.99. The largest absolute Gasteiger partial charge is 0.478 e. The van der Waals surface area contributed by atoms with Gasteiger partial charge in [-0.1, -0.05) is 23.9 Å². The fraction of sp³-hybridized carbons (Fsp3) is 0.125. The van der Waals surface area contributed by atoms with Gasteiger partial charge in [0, 0.05) is 6.20 Å². The van der Waals surface area contributed by atoms with E-state index in [0.29, 0.717) is 11.4 Å². The Bertz CT molecular complexity index is 824. The van der Waals surface area contributed by atoms with Gasteiger partial charge in [-0.25, -0.2) is 9.78 Å². The minimum Gasteiger partial charge on any atom is -0.478 e. The fourth-order valence-corrected chi connectivity index (χ4v) is 3.19. The van der Waals surface area contributed by atoms with Crippen molar-refractivity contribution in [3.05, 3.63) is 48.2 Å². The smallest absolute Gasteiger partial charge is 0.338 e. The minimum absolute atomic E-state index is 0.0150. The molecule has 2 amide bonds. The lowest BCUT2D eigenvalue weighted by Crippen LogP contribution is -2.43. The van der Waals surface area contributed by atoms with Crippen LogP contribution in [0.2, 0.25) is 0 Å². The van der Waals surface area contributed by atoms with Crippen molar-refractivity contribution in [2.45, 2.75) is 5.03 Å². The molecule has 1 aliphatic heterocycles. The first-order chi connectivity index (χ1) is 11.6. The normalized spacial score (nSPS) is 13.2. The van der Waals surface area contributed by atoms with Gasteiger partial charge in [0.05, 0.1) is 22.7 Å². The van der Waals surface area contributed by atoms with E-state index in [1.165, 1.54) is 23.2 Å². The van der Waals surface area contributed by atoms with Gasteiger partial charge >= 0.3 is 5.97 Å². The number of hydrogen-bond donors (Lipinski definition) is 2. The number of hydrogen-bond acceptors (Lipinski definition) is 5. The van der Waals surface area contributed by atoms with Crippen LogP contribution >= 0.6 is 11.8 Å². The molecular weight excluding hydrogens is 330 g/mol. The quantitative estimate of drug-likeness (QED) is 0.822. The summed E-state index contributed by atoms with van der Waals surface area (Å²) >= 11 is 1.04. The van der Waals surface area contributed by atoms with Gasteiger partial charge in [-0.15, -0.1) is 0 Å². The molecule has 2 heterocycles. The van der Waals surface area contributed by atoms with Crippen LogP contribution < -0.4 is 10.2 Å². The first-order valence-corrected chi connectivity index (χ1v) is 8.05. The van der Waals surface area contributed by atoms with E-state index < -0.39 is 5.97 Å². The van der Waals surface area contributed by atoms with Gasteiger partial charge in [0.1, 0.15) is 11.6 Å². The van der Waals surface area contributed by atoms with E-state index in [1.54, 1.807) is 24.3 Å². The number of pyridine rings is 1. The summed E-state index contributed by atoms with van der Waals surface area (Å²) in [5, 5.41) is 12.1. The third-order valence-electron chi connectivity index (χ3n) is 3.41. The van der Waals surface area contributed by atoms with E-state index in [4.69, 9.17) is 5.11 Å². The number of rotatable bonds is 4. The van der Waals surface area contributed by atoms with E-state index in [1.807, 2.05) is 0 Å². The summed E-state index contributed by atoms with van der Waals surface area (Å²) in [5.41, 5.74) is 1.26. The molecule has 0 saturated heterocycles. The lowest BCUT2D eigenvalue weighted by molar-refractivity contribution is -0.120. The highest BCUT2D eigenvalue weighted by atomic mass is 32.2. The highest BCUT2D eigenvalue weighted by Gasteiger charge is 2.26. The van der Waals surface area contributed by atoms with Crippen molar-refractivity contribution >= 4 is 40.9 Å². The molecule has 1 aliphatic rings. The molecule has 2 aromatic rings. The van der Waals surface area contributed by atoms with Crippen molar-refractivity contribution in [3.8, 4) is 0 Å². The van der Waals surface area contributed by atoms with E-state index in [9.17, 15) is 14.4 Å². The number of nitrogens with zero attached hydrogens (tertiary/aromatic N) is 2. The van der Waals surface area contributed by atoms with Crippen LogP contribution in [0.5, 0.6) is 0 Å². The third-order valence-corrected chi connectivity index (χ3v) is 4.40. The molecule has 122 valence electrons. The van der Waals surface area contributed by atoms with Crippen molar-refractivity contribution in [1.29, 1.82) is 0 Å². The maximum atomic E-state index is 12.5.